The third-order valence-corrected chi connectivity index (χ3v) is 4.52. The molecule has 1 aliphatic rings. The van der Waals surface area contributed by atoms with Crippen LogP contribution >= 0.6 is 0 Å². The largest absolute Gasteiger partial charge is 0.497 e. The summed E-state index contributed by atoms with van der Waals surface area (Å²) < 4.78 is 19.1. The number of nitrogens with zero attached hydrogens (tertiary/aromatic N) is 3. The van der Waals surface area contributed by atoms with Crippen LogP contribution in [-0.4, -0.2) is 44.1 Å². The highest BCUT2D eigenvalue weighted by atomic mass is 19.1. The number of anilines is 1. The Morgan fingerprint density at radius 3 is 2.56 bits per heavy atom. The summed E-state index contributed by atoms with van der Waals surface area (Å²) in [6.45, 7) is 1.91. The molecule has 3 rings (SSSR count). The highest BCUT2D eigenvalue weighted by Gasteiger charge is 2.24. The minimum atomic E-state index is -0.312. The molecule has 6 heteroatoms. The van der Waals surface area contributed by atoms with E-state index in [1.54, 1.807) is 54.5 Å². The second-order valence-corrected chi connectivity index (χ2v) is 6.18. The van der Waals surface area contributed by atoms with Gasteiger partial charge < -0.3 is 14.5 Å². The van der Waals surface area contributed by atoms with Crippen LogP contribution in [0.2, 0.25) is 0 Å². The van der Waals surface area contributed by atoms with Gasteiger partial charge in [-0.2, -0.15) is 5.26 Å². The van der Waals surface area contributed by atoms with Gasteiger partial charge in [0.1, 0.15) is 23.2 Å². The van der Waals surface area contributed by atoms with Crippen molar-refractivity contribution < 1.29 is 13.9 Å². The van der Waals surface area contributed by atoms with Crippen molar-refractivity contribution in [3.05, 3.63) is 65.5 Å². The van der Waals surface area contributed by atoms with Crippen molar-refractivity contribution in [2.75, 3.05) is 38.2 Å². The number of nitriles is 1. The maximum atomic E-state index is 13.9. The van der Waals surface area contributed by atoms with Crippen LogP contribution < -0.4 is 9.64 Å². The maximum absolute atomic E-state index is 13.9. The zero-order valence-corrected chi connectivity index (χ0v) is 15.1. The van der Waals surface area contributed by atoms with Crippen LogP contribution in [0.15, 0.2) is 54.1 Å². The summed E-state index contributed by atoms with van der Waals surface area (Å²) in [5.41, 5.74) is 1.34. The monoisotopic (exact) mass is 365 g/mol. The number of methoxy groups -OCH3 is 1. The number of hydrogen-bond acceptors (Lipinski definition) is 4. The molecule has 2 aromatic rings. The lowest BCUT2D eigenvalue weighted by Gasteiger charge is -2.36. The van der Waals surface area contributed by atoms with Crippen molar-refractivity contribution in [1.82, 2.24) is 4.90 Å². The number of carbonyl (C=O) groups is 1. The summed E-state index contributed by atoms with van der Waals surface area (Å²) >= 11 is 0. The Kier molecular flexibility index (Phi) is 5.72. The van der Waals surface area contributed by atoms with Gasteiger partial charge in [0.25, 0.3) is 5.91 Å². The molecule has 0 atom stereocenters. The molecule has 1 heterocycles. The first kappa shape index (κ1) is 18.5. The van der Waals surface area contributed by atoms with E-state index in [0.29, 0.717) is 37.6 Å². The first-order valence-electron chi connectivity index (χ1n) is 8.67. The summed E-state index contributed by atoms with van der Waals surface area (Å²) in [7, 11) is 1.56. The molecule has 0 aromatic heterocycles. The number of benzene rings is 2. The Morgan fingerprint density at radius 1 is 1.15 bits per heavy atom. The lowest BCUT2D eigenvalue weighted by atomic mass is 10.1. The molecule has 1 aliphatic heterocycles. The van der Waals surface area contributed by atoms with E-state index < -0.39 is 0 Å². The Hall–Kier alpha value is -3.33. The molecule has 0 N–H and O–H groups in total. The Morgan fingerprint density at radius 2 is 1.89 bits per heavy atom. The van der Waals surface area contributed by atoms with Crippen molar-refractivity contribution in [3.63, 3.8) is 0 Å². The minimum absolute atomic E-state index is 0.0718. The van der Waals surface area contributed by atoms with Gasteiger partial charge in [0, 0.05) is 26.2 Å². The predicted molar refractivity (Wildman–Crippen MR) is 102 cm³/mol. The molecule has 2 aromatic carbocycles. The third kappa shape index (κ3) is 4.26. The zero-order chi connectivity index (χ0) is 19.2. The van der Waals surface area contributed by atoms with Crippen molar-refractivity contribution >= 4 is 17.7 Å². The van der Waals surface area contributed by atoms with E-state index >= 15 is 0 Å². The van der Waals surface area contributed by atoms with Gasteiger partial charge in [-0.15, -0.1) is 0 Å². The van der Waals surface area contributed by atoms with E-state index in [0.717, 1.165) is 5.56 Å². The van der Waals surface area contributed by atoms with Crippen LogP contribution in [0.25, 0.3) is 6.08 Å². The van der Waals surface area contributed by atoms with Gasteiger partial charge in [-0.3, -0.25) is 4.79 Å². The van der Waals surface area contributed by atoms with Gasteiger partial charge in [0.05, 0.1) is 12.8 Å². The van der Waals surface area contributed by atoms with E-state index in [1.165, 1.54) is 6.07 Å². The predicted octanol–water partition coefficient (Wildman–Crippen LogP) is 3.09. The Labute approximate surface area is 157 Å². The second-order valence-electron chi connectivity index (χ2n) is 6.18. The third-order valence-electron chi connectivity index (χ3n) is 4.52. The van der Waals surface area contributed by atoms with Crippen molar-refractivity contribution in [3.8, 4) is 11.8 Å². The lowest BCUT2D eigenvalue weighted by molar-refractivity contribution is -0.126. The molecule has 1 amide bonds. The number of piperazine rings is 1. The molecule has 0 radical (unpaired) electrons. The molecule has 27 heavy (non-hydrogen) atoms. The number of ether oxygens (including phenoxy) is 1. The molecule has 1 fully saturated rings. The van der Waals surface area contributed by atoms with Gasteiger partial charge in [-0.25, -0.2) is 4.39 Å². The average Bonchev–Trinajstić information content (AvgIpc) is 2.72. The van der Waals surface area contributed by atoms with Gasteiger partial charge in [0.15, 0.2) is 0 Å². The molecule has 0 bridgehead atoms. The molecular formula is C21H20FN3O2. The van der Waals surface area contributed by atoms with Crippen molar-refractivity contribution in [2.45, 2.75) is 0 Å². The quantitative estimate of drug-likeness (QED) is 0.617. The normalized spacial score (nSPS) is 14.6. The number of rotatable bonds is 4. The van der Waals surface area contributed by atoms with E-state index in [9.17, 15) is 14.4 Å². The first-order valence-corrected chi connectivity index (χ1v) is 8.67. The van der Waals surface area contributed by atoms with Gasteiger partial charge >= 0.3 is 0 Å². The average molecular weight is 365 g/mol. The van der Waals surface area contributed by atoms with Gasteiger partial charge in [0.2, 0.25) is 0 Å². The van der Waals surface area contributed by atoms with Gasteiger partial charge in [-0.05, 0) is 35.9 Å². The van der Waals surface area contributed by atoms with Crippen LogP contribution in [0.1, 0.15) is 5.56 Å². The van der Waals surface area contributed by atoms with E-state index in [-0.39, 0.29) is 17.3 Å². The van der Waals surface area contributed by atoms with Crippen LogP contribution in [0, 0.1) is 17.1 Å². The van der Waals surface area contributed by atoms with Crippen LogP contribution in [0.5, 0.6) is 5.75 Å². The Balaban J connectivity index is 1.69. The lowest BCUT2D eigenvalue weighted by Crippen LogP contribution is -2.49. The minimum Gasteiger partial charge on any atom is -0.497 e. The van der Waals surface area contributed by atoms with Crippen molar-refractivity contribution in [1.29, 1.82) is 5.26 Å². The molecular weight excluding hydrogens is 345 g/mol. The highest BCUT2D eigenvalue weighted by Crippen LogP contribution is 2.21. The van der Waals surface area contributed by atoms with E-state index in [4.69, 9.17) is 4.74 Å². The molecule has 0 aliphatic carbocycles. The molecule has 0 saturated carbocycles. The molecule has 1 saturated heterocycles. The molecule has 0 spiro atoms. The SMILES string of the molecule is COc1cccc(/C=C(\C#N)C(=O)N2CCN(c3ccccc3F)CC2)c1. The number of carbonyl (C=O) groups excluding carboxylic acids is 1. The van der Waals surface area contributed by atoms with E-state index in [2.05, 4.69) is 0 Å². The second kappa shape index (κ2) is 8.37. The fraction of sp³-hybridized carbons (Fsp3) is 0.238. The smallest absolute Gasteiger partial charge is 0.264 e. The summed E-state index contributed by atoms with van der Waals surface area (Å²) in [5.74, 6) is 0.0772. The zero-order valence-electron chi connectivity index (χ0n) is 15.1. The highest BCUT2D eigenvalue weighted by molar-refractivity contribution is 6.01. The first-order chi connectivity index (χ1) is 13.1. The Bertz CT molecular complexity index is 896. The number of amides is 1. The fourth-order valence-electron chi connectivity index (χ4n) is 3.07. The summed E-state index contributed by atoms with van der Waals surface area (Å²) in [5, 5.41) is 9.42. The maximum Gasteiger partial charge on any atom is 0.264 e. The summed E-state index contributed by atoms with van der Waals surface area (Å²) in [4.78, 5) is 16.3. The topological polar surface area (TPSA) is 56.6 Å². The number of halogens is 1. The van der Waals surface area contributed by atoms with Crippen LogP contribution in [-0.2, 0) is 4.79 Å². The number of para-hydroxylation sites is 1. The fourth-order valence-corrected chi connectivity index (χ4v) is 3.07. The summed E-state index contributed by atoms with van der Waals surface area (Å²) in [6, 6.07) is 15.8. The number of hydrogen-bond donors (Lipinski definition) is 0. The molecule has 5 nitrogen and oxygen atoms in total. The molecule has 0 unspecified atom stereocenters. The molecule has 138 valence electrons. The standard InChI is InChI=1S/C21H20FN3O2/c1-27-18-6-4-5-16(14-18)13-17(15-23)21(26)25-11-9-24(10-12-25)20-8-3-2-7-19(20)22/h2-8,13-14H,9-12H2,1H3/b17-13+. The summed E-state index contributed by atoms with van der Waals surface area (Å²) in [6.07, 6.45) is 1.56. The van der Waals surface area contributed by atoms with Gasteiger partial charge in [-0.1, -0.05) is 24.3 Å². The van der Waals surface area contributed by atoms with Crippen LogP contribution in [0.4, 0.5) is 10.1 Å². The van der Waals surface area contributed by atoms with Crippen molar-refractivity contribution in [2.24, 2.45) is 0 Å². The van der Waals surface area contributed by atoms with Crippen LogP contribution in [0.3, 0.4) is 0 Å². The van der Waals surface area contributed by atoms with E-state index in [1.807, 2.05) is 17.0 Å².